The van der Waals surface area contributed by atoms with E-state index in [1.165, 1.54) is 0 Å². The number of carbonyl (C=O) groups is 1. The zero-order valence-corrected chi connectivity index (χ0v) is 13.1. The molecule has 0 radical (unpaired) electrons. The van der Waals surface area contributed by atoms with Gasteiger partial charge in [-0.15, -0.1) is 0 Å². The van der Waals surface area contributed by atoms with Crippen molar-refractivity contribution in [1.82, 2.24) is 9.97 Å². The van der Waals surface area contributed by atoms with Gasteiger partial charge >= 0.3 is 0 Å². The lowest BCUT2D eigenvalue weighted by atomic mass is 9.85. The van der Waals surface area contributed by atoms with E-state index in [1.807, 2.05) is 0 Å². The van der Waals surface area contributed by atoms with E-state index < -0.39 is 66.8 Å². The number of anilines is 2. The molecule has 0 aromatic carbocycles. The number of hydrogen-bond acceptors (Lipinski definition) is 6. The Hall–Kier alpha value is -1.89. The molecule has 5 N–H and O–H groups in total. The SMILES string of the molecule is [2H]C1C([2H])(Nc2nc(NC(C)(C)C)ncc2C(N)=O)C([2H])C([2H])(O)C([2H])(C([2H])([2H])[2H])C1([2H])[2H]. The second-order valence-electron chi connectivity index (χ2n) is 5.97. The Morgan fingerprint density at radius 1 is 1.61 bits per heavy atom. The van der Waals surface area contributed by atoms with Crippen LogP contribution in [-0.4, -0.2) is 38.6 Å². The van der Waals surface area contributed by atoms with Crippen molar-refractivity contribution in [2.75, 3.05) is 10.6 Å². The fourth-order valence-electron chi connectivity index (χ4n) is 1.75. The molecule has 1 aliphatic rings. The lowest BCUT2D eigenvalue weighted by Crippen LogP contribution is -2.36. The second-order valence-corrected chi connectivity index (χ2v) is 5.97. The first-order valence-electron chi connectivity index (χ1n) is 12.0. The van der Waals surface area contributed by atoms with Crippen LogP contribution in [0.15, 0.2) is 6.20 Å². The van der Waals surface area contributed by atoms with Gasteiger partial charge in [-0.25, -0.2) is 4.98 Å². The number of primary amides is 1. The number of hydrogen-bond donors (Lipinski definition) is 4. The highest BCUT2D eigenvalue weighted by Gasteiger charge is 2.27. The molecule has 1 amide bonds. The first-order chi connectivity index (χ1) is 14.5. The smallest absolute Gasteiger partial charge is 0.254 e. The van der Waals surface area contributed by atoms with Crippen LogP contribution in [0, 0.1) is 5.89 Å². The zero-order chi connectivity index (χ0) is 26.0. The van der Waals surface area contributed by atoms with E-state index in [4.69, 9.17) is 19.4 Å². The Kier molecular flexibility index (Phi) is 2.41. The minimum Gasteiger partial charge on any atom is -0.393 e. The van der Waals surface area contributed by atoms with Crippen molar-refractivity contribution in [3.05, 3.63) is 11.8 Å². The summed E-state index contributed by atoms with van der Waals surface area (Å²) in [7, 11) is 0. The number of nitrogens with one attached hydrogen (secondary N) is 2. The molecule has 1 saturated carbocycles. The zero-order valence-electron chi connectivity index (χ0n) is 23.1. The first-order valence-corrected chi connectivity index (χ1v) is 6.84. The summed E-state index contributed by atoms with van der Waals surface area (Å²) < 4.78 is 80.6. The minimum absolute atomic E-state index is 0.0565. The van der Waals surface area contributed by atoms with Gasteiger partial charge in [-0.05, 0) is 45.8 Å². The highest BCUT2D eigenvalue weighted by atomic mass is 16.3. The highest BCUT2D eigenvalue weighted by Crippen LogP contribution is 2.27. The monoisotopic (exact) mass is 331 g/mol. The third kappa shape index (κ3) is 4.79. The molecular formula is C16H27N5O2. The maximum Gasteiger partial charge on any atom is 0.254 e. The number of aromatic nitrogens is 2. The van der Waals surface area contributed by atoms with Gasteiger partial charge in [0.15, 0.2) is 0 Å². The second kappa shape index (κ2) is 6.70. The Morgan fingerprint density at radius 2 is 2.35 bits per heavy atom. The molecular weight excluding hydrogens is 294 g/mol. The lowest BCUT2D eigenvalue weighted by molar-refractivity contribution is 0.0739. The van der Waals surface area contributed by atoms with Gasteiger partial charge in [0.25, 0.3) is 5.91 Å². The molecule has 23 heavy (non-hydrogen) atoms. The predicted molar refractivity (Wildman–Crippen MR) is 90.4 cm³/mol. The fraction of sp³-hybridized carbons (Fsp3) is 0.688. The van der Waals surface area contributed by atoms with Crippen molar-refractivity contribution in [2.45, 2.75) is 64.4 Å². The number of aliphatic hydroxyl groups is 1. The van der Waals surface area contributed by atoms with Gasteiger partial charge in [0.2, 0.25) is 5.95 Å². The summed E-state index contributed by atoms with van der Waals surface area (Å²) in [5.74, 6) is -5.26. The third-order valence-corrected chi connectivity index (χ3v) is 2.72. The van der Waals surface area contributed by atoms with Crippen molar-refractivity contribution in [1.29, 1.82) is 0 Å². The topological polar surface area (TPSA) is 113 Å². The average Bonchev–Trinajstić information content (AvgIpc) is 2.62. The summed E-state index contributed by atoms with van der Waals surface area (Å²) in [5, 5.41) is 15.8. The van der Waals surface area contributed by atoms with E-state index in [0.29, 0.717) is 0 Å². The van der Waals surface area contributed by atoms with Crippen LogP contribution in [0.3, 0.4) is 0 Å². The molecule has 1 heterocycles. The van der Waals surface area contributed by atoms with Crippen molar-refractivity contribution < 1.29 is 23.6 Å². The van der Waals surface area contributed by atoms with E-state index in [0.717, 1.165) is 6.20 Å². The van der Waals surface area contributed by atoms with Crippen LogP contribution in [0.5, 0.6) is 0 Å². The van der Waals surface area contributed by atoms with E-state index in [9.17, 15) is 9.90 Å². The van der Waals surface area contributed by atoms with Crippen molar-refractivity contribution in [3.63, 3.8) is 0 Å². The fourth-order valence-corrected chi connectivity index (χ4v) is 1.75. The molecule has 2 rings (SSSR count). The molecule has 1 aromatic rings. The summed E-state index contributed by atoms with van der Waals surface area (Å²) in [6, 6.07) is -2.94. The van der Waals surface area contributed by atoms with E-state index in [1.54, 1.807) is 20.8 Å². The van der Waals surface area contributed by atoms with Crippen LogP contribution >= 0.6 is 0 Å². The van der Waals surface area contributed by atoms with Gasteiger partial charge in [-0.1, -0.05) is 6.85 Å². The summed E-state index contributed by atoms with van der Waals surface area (Å²) >= 11 is 0. The number of amides is 1. The standard InChI is InChI=1S/C16H27N5O2/c1-9-5-6-10(7-12(9)22)19-14-11(13(17)23)8-18-15(20-14)21-16(2,3)4/h8-10,12,22H,5-7H2,1-4H3,(H2,17,23)(H2,18,19,20,21)/i1D3,5D2,6D,7D,9D,10D,12D. The molecule has 0 bridgehead atoms. The van der Waals surface area contributed by atoms with E-state index in [2.05, 4.69) is 20.6 Å². The van der Waals surface area contributed by atoms with Gasteiger partial charge in [0, 0.05) is 28.7 Å². The van der Waals surface area contributed by atoms with Crippen LogP contribution in [0.1, 0.15) is 70.9 Å². The van der Waals surface area contributed by atoms with Gasteiger partial charge in [0.1, 0.15) is 5.82 Å². The number of carbonyl (C=O) groups excluding carboxylic acids is 1. The van der Waals surface area contributed by atoms with Crippen LogP contribution in [0.2, 0.25) is 0 Å². The van der Waals surface area contributed by atoms with Crippen molar-refractivity contribution in [3.8, 4) is 0 Å². The van der Waals surface area contributed by atoms with Crippen molar-refractivity contribution >= 4 is 17.7 Å². The van der Waals surface area contributed by atoms with Gasteiger partial charge in [-0.2, -0.15) is 4.98 Å². The number of nitrogens with zero attached hydrogens (tertiary/aromatic N) is 2. The third-order valence-electron chi connectivity index (χ3n) is 2.72. The van der Waals surface area contributed by atoms with E-state index in [-0.39, 0.29) is 5.95 Å². The minimum atomic E-state index is -3.68. The van der Waals surface area contributed by atoms with Crippen molar-refractivity contribution in [2.24, 2.45) is 11.6 Å². The molecule has 7 heteroatoms. The van der Waals surface area contributed by atoms with Crippen LogP contribution in [-0.2, 0) is 0 Å². The molecule has 0 aliphatic heterocycles. The Morgan fingerprint density at radius 3 is 2.96 bits per heavy atom. The molecule has 1 fully saturated rings. The van der Waals surface area contributed by atoms with Crippen LogP contribution in [0.25, 0.3) is 0 Å². The predicted octanol–water partition coefficient (Wildman–Crippen LogP) is 1.75. The summed E-state index contributed by atoms with van der Waals surface area (Å²) in [4.78, 5) is 19.8. The molecule has 1 aromatic heterocycles. The summed E-state index contributed by atoms with van der Waals surface area (Å²) in [5.41, 5.74) is 4.37. The average molecular weight is 331 g/mol. The lowest BCUT2D eigenvalue weighted by Gasteiger charge is -2.32. The first kappa shape index (κ1) is 8.28. The Bertz CT molecular complexity index is 911. The molecule has 0 saturated heterocycles. The summed E-state index contributed by atoms with van der Waals surface area (Å²) in [6.45, 7) is 1.70. The molecule has 1 aliphatic carbocycles. The molecule has 5 unspecified atom stereocenters. The number of nitrogens with two attached hydrogens (primary N) is 1. The maximum atomic E-state index is 11.9. The van der Waals surface area contributed by atoms with Crippen LogP contribution < -0.4 is 16.4 Å². The van der Waals surface area contributed by atoms with Gasteiger partial charge < -0.3 is 21.5 Å². The molecule has 7 nitrogen and oxygen atoms in total. The van der Waals surface area contributed by atoms with Crippen LogP contribution in [0.4, 0.5) is 11.8 Å². The molecule has 128 valence electrons. The summed E-state index contributed by atoms with van der Waals surface area (Å²) in [6.07, 6.45) is -11.2. The van der Waals surface area contributed by atoms with Gasteiger partial charge in [0.05, 0.1) is 14.4 Å². The maximum absolute atomic E-state index is 11.9. The normalized spacial score (nSPS) is 50.1. The molecule has 5 atom stereocenters. The van der Waals surface area contributed by atoms with Gasteiger partial charge in [-0.3, -0.25) is 4.79 Å². The highest BCUT2D eigenvalue weighted by molar-refractivity contribution is 5.97. The van der Waals surface area contributed by atoms with E-state index >= 15 is 0 Å². The largest absolute Gasteiger partial charge is 0.393 e. The molecule has 0 spiro atoms. The quantitative estimate of drug-likeness (QED) is 0.668. The Labute approximate surface area is 151 Å². The number of rotatable bonds is 4. The Balaban J connectivity index is 2.69.